The SMILES string of the molecule is C=C1N=C(N)C=CN1[C@@H]1O[C@@](/C=C(/F)P(=O)(CO)OC)(CCl)[C@@H](O)[C@H]1F.C=C1N=C(N)C=CN1[C@@H]1O[C@@](/C=C(/F)P(C)(C)=O)(CCl)[C@@H](O)[C@H]1F.C=C1N=C(N)C=CN1[C@@H]1O[C@@](/C=C\P(=O)(CO)OC)(CCl)[C@@H](O)[C@H]1F.C=C1N=C(N)C=CN1[C@@H]1O[C@](CCl)(CC(F)P(=O)(CO)OC)[C@@H](O)[C@H]1F.C=C1N=C(N)C=CN1[C@@H]1O[C@](CCl)(CCP(=O)(CO)OC)[C@@H](O)[C@H]1F.C=O.C=O. The molecule has 25 atom stereocenters. The highest BCUT2D eigenvalue weighted by molar-refractivity contribution is 7.66. The van der Waals surface area contributed by atoms with Gasteiger partial charge in [-0.25, -0.2) is 60.1 Å². The van der Waals surface area contributed by atoms with Crippen LogP contribution in [0.5, 0.6) is 0 Å². The van der Waals surface area contributed by atoms with Gasteiger partial charge in [0.25, 0.3) is 14.7 Å². The lowest BCUT2D eigenvalue weighted by molar-refractivity contribution is -0.107. The number of ether oxygens (including phenoxy) is 5. The van der Waals surface area contributed by atoms with Gasteiger partial charge in [0, 0.05) is 77.8 Å². The Bertz CT molecular complexity index is 4680. The van der Waals surface area contributed by atoms with Crippen LogP contribution in [0.4, 0.5) is 35.1 Å². The number of hydrogen-bond donors (Lipinski definition) is 14. The Labute approximate surface area is 767 Å². The number of nitrogens with two attached hydrogens (primary N) is 5. The van der Waals surface area contributed by atoms with Crippen molar-refractivity contribution in [2.24, 2.45) is 53.6 Å². The lowest BCUT2D eigenvalue weighted by Gasteiger charge is -2.34. The molecule has 130 heavy (non-hydrogen) atoms. The highest BCUT2D eigenvalue weighted by atomic mass is 35.5. The van der Waals surface area contributed by atoms with Gasteiger partial charge in [0.1, 0.15) is 163 Å². The molecule has 0 radical (unpaired) electrons. The van der Waals surface area contributed by atoms with Gasteiger partial charge in [-0.2, -0.15) is 0 Å². The minimum atomic E-state index is -4.20. The number of amidine groups is 5. The van der Waals surface area contributed by atoms with Crippen LogP contribution in [-0.2, 0) is 74.2 Å². The van der Waals surface area contributed by atoms with Crippen molar-refractivity contribution in [2.75, 3.05) is 103 Å². The van der Waals surface area contributed by atoms with Gasteiger partial charge >= 0.3 is 0 Å². The summed E-state index contributed by atoms with van der Waals surface area (Å²) in [6, 6.07) is 0. The van der Waals surface area contributed by atoms with E-state index in [0.717, 1.165) is 44.2 Å². The van der Waals surface area contributed by atoms with Crippen molar-refractivity contribution in [3.63, 3.8) is 0 Å². The summed E-state index contributed by atoms with van der Waals surface area (Å²) in [5.74, 6) is -1.87. The molecule has 0 saturated carbocycles. The normalized spacial score (nSPS) is 34.0. The number of aliphatic hydroxyl groups is 9. The highest BCUT2D eigenvalue weighted by Crippen LogP contribution is 2.59. The van der Waals surface area contributed by atoms with Gasteiger partial charge in [0.15, 0.2) is 79.0 Å². The third kappa shape index (κ3) is 26.3. The van der Waals surface area contributed by atoms with E-state index in [4.69, 9.17) is 144 Å². The van der Waals surface area contributed by atoms with E-state index in [-0.39, 0.29) is 82.6 Å². The Kier molecular flexibility index (Phi) is 43.6. The summed E-state index contributed by atoms with van der Waals surface area (Å²) >= 11 is 29.3. The molecule has 0 bridgehead atoms. The van der Waals surface area contributed by atoms with E-state index in [0.29, 0.717) is 6.08 Å². The fourth-order valence-electron chi connectivity index (χ4n) is 12.7. The molecule has 10 aliphatic rings. The second-order valence-electron chi connectivity index (χ2n) is 29.0. The maximum Gasteiger partial charge on any atom is 0.283 e. The van der Waals surface area contributed by atoms with Crippen molar-refractivity contribution >= 4 is 137 Å². The van der Waals surface area contributed by atoms with Gasteiger partial charge in [-0.1, -0.05) is 32.9 Å². The predicted molar refractivity (Wildman–Crippen MR) is 472 cm³/mol. The molecule has 734 valence electrons. The van der Waals surface area contributed by atoms with E-state index in [1.807, 2.05) is 13.6 Å². The molecule has 0 aromatic heterocycles. The van der Waals surface area contributed by atoms with Gasteiger partial charge in [0.2, 0.25) is 14.7 Å². The van der Waals surface area contributed by atoms with Crippen LogP contribution in [0.1, 0.15) is 12.8 Å². The van der Waals surface area contributed by atoms with Crippen LogP contribution in [-0.4, -0.2) is 342 Å². The molecule has 10 heterocycles. The summed E-state index contributed by atoms with van der Waals surface area (Å²) in [4.78, 5) is 41.6. The van der Waals surface area contributed by atoms with Gasteiger partial charge < -0.3 is 155 Å². The average Bonchev–Trinajstić information content (AvgIpc) is 1.62. The van der Waals surface area contributed by atoms with E-state index < -0.39 is 224 Å². The van der Waals surface area contributed by atoms with Crippen LogP contribution < -0.4 is 28.7 Å². The predicted octanol–water partition coefficient (Wildman–Crippen LogP) is 6.35. The van der Waals surface area contributed by atoms with E-state index in [2.05, 4.69) is 66.9 Å². The van der Waals surface area contributed by atoms with Crippen LogP contribution in [0.3, 0.4) is 0 Å². The molecule has 0 spiro atoms. The molecular formula is C72H105Cl5F8N15O25P5. The number of carbonyl (C=O) groups is 2. The number of nitrogens with zero attached hydrogens (tertiary/aromatic N) is 10. The van der Waals surface area contributed by atoms with Crippen molar-refractivity contribution in [3.05, 3.63) is 159 Å². The maximum atomic E-state index is 14.7. The smallest absolute Gasteiger partial charge is 0.283 e. The second-order valence-corrected chi connectivity index (χ2v) is 43.7. The van der Waals surface area contributed by atoms with E-state index in [9.17, 15) is 88.6 Å². The zero-order chi connectivity index (χ0) is 99.3. The number of aliphatic hydroxyl groups excluding tert-OH is 9. The lowest BCUT2D eigenvalue weighted by Crippen LogP contribution is -2.46. The lowest BCUT2D eigenvalue weighted by atomic mass is 9.94. The molecule has 58 heteroatoms. The Hall–Kier alpha value is -6.37. The van der Waals surface area contributed by atoms with Crippen molar-refractivity contribution in [1.82, 2.24) is 24.5 Å². The summed E-state index contributed by atoms with van der Waals surface area (Å²) in [6.07, 6.45) is -13.0. The Balaban J connectivity index is 0.000000337. The molecule has 5 saturated heterocycles. The number of carbonyl (C=O) groups excluding carboxylic acids is 2. The van der Waals surface area contributed by atoms with Crippen LogP contribution in [0.2, 0.25) is 0 Å². The zero-order valence-electron chi connectivity index (χ0n) is 70.3. The largest absolute Gasteiger partial charge is 0.387 e. The zero-order valence-corrected chi connectivity index (χ0v) is 78.6. The molecule has 5 unspecified atom stereocenters. The van der Waals surface area contributed by atoms with Gasteiger partial charge in [-0.15, -0.1) is 58.0 Å². The molecule has 0 aromatic rings. The molecular weight excluding hydrogens is 1960 g/mol. The van der Waals surface area contributed by atoms with Crippen LogP contribution in [0.15, 0.2) is 184 Å². The molecule has 0 amide bonds. The molecule has 0 aliphatic carbocycles. The number of halogens is 13. The fraction of sp³-hybridized carbons (Fsp3) is 0.542. The summed E-state index contributed by atoms with van der Waals surface area (Å²) in [5.41, 5.74) is 16.3. The van der Waals surface area contributed by atoms with Crippen molar-refractivity contribution in [2.45, 2.75) is 139 Å². The third-order valence-corrected chi connectivity index (χ3v) is 31.2. The monoisotopic (exact) mass is 2060 g/mol. The maximum absolute atomic E-state index is 14.7. The summed E-state index contributed by atoms with van der Waals surface area (Å²) in [5, 5.41) is 88.1. The quantitative estimate of drug-likeness (QED) is 0.0212. The number of rotatable bonds is 30. The Morgan fingerprint density at radius 2 is 0.769 bits per heavy atom. The van der Waals surface area contributed by atoms with Gasteiger partial charge in [-0.3, -0.25) is 18.3 Å². The standard InChI is InChI=1S/C14H21ClF2N3O5P.C14H19ClF2N3O5P.C14H19ClF2N3O3P.C14H22ClFN3O5P.C14H20ClFN3O5P.2CH2O/c2*1-8-19-10(18)3-4-20(8)13-11(17)12(22)14(6-15,25-13)5-9(16)26(23,7-21)24-2;1-8-19-10(18)4-5-20(8)13-11(17)12(21)14(7-15,23-13)6-9(16)24(2,3)22;2*1-9-18-10(17)3-5-19(9)13-11(16)12(21)14(7-15,24-13)4-6-25(22,8-20)23-2;2*1-2/h3-4,9,11-13,21-22H,1,5-7H2,2H3,(H2,18,19);3-5,11-13,21-22H,1,6-7H2,2H3,(H2,18,19);4-6,11-13,21H,1,7H2,2-3H3,(H2,18,19);3,5,11-13,20-21H,1,4,6-8H2,2H3,(H2,17,18);3-6,11-13,20-21H,1,7-8H2,2H3,(H2,17,18);2*1H2/b;9-5-;9-6-;;6-4-;;/t9?,11-,12+,13-,14+,26?;11-,12+,13-,14+,26?;11-,12+,13-,14+;2*11-,12+,13-,14+,25?;;/m11111../s1. The van der Waals surface area contributed by atoms with E-state index >= 15 is 0 Å². The van der Waals surface area contributed by atoms with Crippen molar-refractivity contribution < 1.29 is 155 Å². The topological polar surface area (TPSA) is 593 Å². The summed E-state index contributed by atoms with van der Waals surface area (Å²) in [6.45, 7) is 24.6. The van der Waals surface area contributed by atoms with Gasteiger partial charge in [-0.05, 0) is 68.4 Å². The van der Waals surface area contributed by atoms with Crippen LogP contribution >= 0.6 is 94.6 Å². The number of aliphatic imine (C=N–C) groups is 5. The second kappa shape index (κ2) is 48.9. The first-order valence-electron chi connectivity index (χ1n) is 37.3. The molecule has 10 rings (SSSR count). The molecule has 0 aromatic carbocycles. The molecule has 10 aliphatic heterocycles. The van der Waals surface area contributed by atoms with E-state index in [1.165, 1.54) is 101 Å². The Morgan fingerprint density at radius 3 is 1.04 bits per heavy atom. The minimum Gasteiger partial charge on any atom is -0.387 e. The molecule has 19 N–H and O–H groups in total. The average molecular weight is 2060 g/mol. The minimum absolute atomic E-state index is 0.0394. The van der Waals surface area contributed by atoms with E-state index in [1.54, 1.807) is 0 Å². The number of hydrogen-bond acceptors (Lipinski definition) is 40. The van der Waals surface area contributed by atoms with Gasteiger partial charge in [0.05, 0.1) is 29.4 Å². The van der Waals surface area contributed by atoms with Crippen LogP contribution in [0.25, 0.3) is 0 Å². The Morgan fingerprint density at radius 1 is 0.462 bits per heavy atom. The number of alkyl halides is 11. The highest BCUT2D eigenvalue weighted by Gasteiger charge is 2.63. The molecule has 40 nitrogen and oxygen atoms in total. The first-order chi connectivity index (χ1) is 60.7. The summed E-state index contributed by atoms with van der Waals surface area (Å²) in [7, 11) is -14.0. The summed E-state index contributed by atoms with van der Waals surface area (Å²) < 4.78 is 224. The first-order valence-corrected chi connectivity index (χ1v) is 50.1. The first kappa shape index (κ1) is 116. The van der Waals surface area contributed by atoms with Crippen LogP contribution in [0, 0.1) is 0 Å². The molecule has 5 fully saturated rings. The van der Waals surface area contributed by atoms with Crippen molar-refractivity contribution in [1.29, 1.82) is 0 Å². The van der Waals surface area contributed by atoms with Crippen molar-refractivity contribution in [3.8, 4) is 0 Å². The fourth-order valence-corrected chi connectivity index (χ4v) is 18.8. The third-order valence-electron chi connectivity index (χ3n) is 20.5.